The second-order valence-electron chi connectivity index (χ2n) is 7.61. The summed E-state index contributed by atoms with van der Waals surface area (Å²) in [6.45, 7) is 1.46. The van der Waals surface area contributed by atoms with E-state index in [-0.39, 0.29) is 5.91 Å². The summed E-state index contributed by atoms with van der Waals surface area (Å²) in [4.78, 5) is 25.9. The molecule has 3 aromatic rings. The van der Waals surface area contributed by atoms with E-state index in [4.69, 9.17) is 4.74 Å². The average molecular weight is 393 g/mol. The molecule has 150 valence electrons. The number of nitrogens with zero attached hydrogens (tertiary/aromatic N) is 6. The predicted octanol–water partition coefficient (Wildman–Crippen LogP) is 2.03. The SMILES string of the molecule is COc1cc(N(C2CC2)C2CCN(C(=O)c3ccc4n[nH]nc4c3)CC2)ncn1. The van der Waals surface area contributed by atoms with Crippen molar-refractivity contribution in [2.24, 2.45) is 0 Å². The molecule has 29 heavy (non-hydrogen) atoms. The molecular formula is C20H23N7O2. The van der Waals surface area contributed by atoms with Crippen molar-refractivity contribution in [3.63, 3.8) is 0 Å². The third kappa shape index (κ3) is 3.48. The molecule has 1 aromatic carbocycles. The highest BCUT2D eigenvalue weighted by Gasteiger charge is 2.37. The molecule has 0 unspecified atom stereocenters. The number of likely N-dealkylation sites (tertiary alicyclic amines) is 1. The number of methoxy groups -OCH3 is 1. The summed E-state index contributed by atoms with van der Waals surface area (Å²) in [5.74, 6) is 1.55. The van der Waals surface area contributed by atoms with Crippen molar-refractivity contribution in [3.05, 3.63) is 36.2 Å². The monoisotopic (exact) mass is 393 g/mol. The van der Waals surface area contributed by atoms with E-state index in [1.165, 1.54) is 12.8 Å². The Morgan fingerprint density at radius 3 is 2.59 bits per heavy atom. The van der Waals surface area contributed by atoms with Crippen LogP contribution in [0.15, 0.2) is 30.6 Å². The van der Waals surface area contributed by atoms with Gasteiger partial charge in [0.1, 0.15) is 23.2 Å². The molecule has 9 nitrogen and oxygen atoms in total. The minimum Gasteiger partial charge on any atom is -0.481 e. The summed E-state index contributed by atoms with van der Waals surface area (Å²) < 4.78 is 5.27. The van der Waals surface area contributed by atoms with Gasteiger partial charge in [0, 0.05) is 36.8 Å². The first-order valence-electron chi connectivity index (χ1n) is 9.97. The van der Waals surface area contributed by atoms with Crippen molar-refractivity contribution in [1.29, 1.82) is 0 Å². The summed E-state index contributed by atoms with van der Waals surface area (Å²) in [6.07, 6.45) is 5.76. The Hall–Kier alpha value is -3.23. The van der Waals surface area contributed by atoms with Gasteiger partial charge in [-0.1, -0.05) is 0 Å². The molecule has 1 N–H and O–H groups in total. The average Bonchev–Trinajstić information content (AvgIpc) is 3.49. The molecule has 9 heteroatoms. The van der Waals surface area contributed by atoms with E-state index in [9.17, 15) is 4.79 Å². The van der Waals surface area contributed by atoms with Gasteiger partial charge in [0.2, 0.25) is 5.88 Å². The number of aromatic amines is 1. The highest BCUT2D eigenvalue weighted by Crippen LogP contribution is 2.36. The standard InChI is InChI=1S/C20H23N7O2/c1-29-19-11-18(21-12-22-19)27(14-3-4-14)15-6-8-26(9-7-15)20(28)13-2-5-16-17(10-13)24-25-23-16/h2,5,10-12,14-15H,3-4,6-9H2,1H3,(H,23,24,25). The van der Waals surface area contributed by atoms with E-state index in [1.54, 1.807) is 19.5 Å². The van der Waals surface area contributed by atoms with E-state index in [0.717, 1.165) is 37.3 Å². The van der Waals surface area contributed by atoms with Gasteiger partial charge in [0.05, 0.1) is 7.11 Å². The Morgan fingerprint density at radius 1 is 1.07 bits per heavy atom. The molecule has 1 saturated carbocycles. The number of anilines is 1. The number of amides is 1. The van der Waals surface area contributed by atoms with Crippen LogP contribution >= 0.6 is 0 Å². The highest BCUT2D eigenvalue weighted by atomic mass is 16.5. The van der Waals surface area contributed by atoms with E-state index in [2.05, 4.69) is 30.3 Å². The Kier molecular flexibility index (Phi) is 4.49. The van der Waals surface area contributed by atoms with Crippen LogP contribution in [0, 0.1) is 0 Å². The number of carbonyl (C=O) groups excluding carboxylic acids is 1. The molecule has 0 spiro atoms. The van der Waals surface area contributed by atoms with Gasteiger partial charge >= 0.3 is 0 Å². The topological polar surface area (TPSA) is 100 Å². The van der Waals surface area contributed by atoms with Gasteiger partial charge in [0.25, 0.3) is 5.91 Å². The smallest absolute Gasteiger partial charge is 0.253 e. The van der Waals surface area contributed by atoms with Crippen molar-refractivity contribution in [3.8, 4) is 5.88 Å². The lowest BCUT2D eigenvalue weighted by Crippen LogP contribution is -2.48. The van der Waals surface area contributed by atoms with E-state index < -0.39 is 0 Å². The van der Waals surface area contributed by atoms with E-state index >= 15 is 0 Å². The summed E-state index contributed by atoms with van der Waals surface area (Å²) in [6, 6.07) is 8.25. The fourth-order valence-corrected chi connectivity index (χ4v) is 4.11. The summed E-state index contributed by atoms with van der Waals surface area (Å²) >= 11 is 0. The minimum absolute atomic E-state index is 0.0510. The summed E-state index contributed by atoms with van der Waals surface area (Å²) in [5.41, 5.74) is 2.13. The number of hydrogen-bond donors (Lipinski definition) is 1. The fraction of sp³-hybridized carbons (Fsp3) is 0.450. The van der Waals surface area contributed by atoms with Crippen LogP contribution in [-0.4, -0.2) is 68.5 Å². The first kappa shape index (κ1) is 17.8. The number of piperidine rings is 1. The Labute approximate surface area is 168 Å². The number of ether oxygens (including phenoxy) is 1. The van der Waals surface area contributed by atoms with Crippen molar-refractivity contribution in [2.45, 2.75) is 37.8 Å². The lowest BCUT2D eigenvalue weighted by molar-refractivity contribution is 0.0712. The van der Waals surface area contributed by atoms with Crippen molar-refractivity contribution < 1.29 is 9.53 Å². The molecule has 1 amide bonds. The Balaban J connectivity index is 1.29. The summed E-state index contributed by atoms with van der Waals surface area (Å²) in [7, 11) is 1.62. The number of aromatic nitrogens is 5. The molecule has 5 rings (SSSR count). The van der Waals surface area contributed by atoms with Crippen molar-refractivity contribution in [1.82, 2.24) is 30.3 Å². The van der Waals surface area contributed by atoms with Gasteiger partial charge in [-0.3, -0.25) is 4.79 Å². The van der Waals surface area contributed by atoms with Crippen molar-refractivity contribution >= 4 is 22.8 Å². The maximum absolute atomic E-state index is 13.0. The highest BCUT2D eigenvalue weighted by molar-refractivity contribution is 5.97. The molecular weight excluding hydrogens is 370 g/mol. The van der Waals surface area contributed by atoms with Crippen LogP contribution < -0.4 is 9.64 Å². The third-order valence-corrected chi connectivity index (χ3v) is 5.75. The molecule has 2 fully saturated rings. The second kappa shape index (κ2) is 7.31. The molecule has 1 saturated heterocycles. The molecule has 0 radical (unpaired) electrons. The first-order chi connectivity index (χ1) is 14.2. The van der Waals surface area contributed by atoms with Crippen LogP contribution in [0.25, 0.3) is 11.0 Å². The number of nitrogens with one attached hydrogen (secondary N) is 1. The lowest BCUT2D eigenvalue weighted by atomic mass is 10.0. The van der Waals surface area contributed by atoms with E-state index in [0.29, 0.717) is 29.0 Å². The summed E-state index contributed by atoms with van der Waals surface area (Å²) in [5, 5.41) is 10.7. The number of hydrogen-bond acceptors (Lipinski definition) is 7. The maximum atomic E-state index is 13.0. The normalized spacial score (nSPS) is 17.5. The minimum atomic E-state index is 0.0510. The Morgan fingerprint density at radius 2 is 1.83 bits per heavy atom. The van der Waals surface area contributed by atoms with Gasteiger partial charge < -0.3 is 14.5 Å². The third-order valence-electron chi connectivity index (χ3n) is 5.75. The zero-order valence-corrected chi connectivity index (χ0v) is 16.3. The van der Waals surface area contributed by atoms with Crippen LogP contribution in [0.2, 0.25) is 0 Å². The van der Waals surface area contributed by atoms with Crippen molar-refractivity contribution in [2.75, 3.05) is 25.1 Å². The zero-order valence-electron chi connectivity index (χ0n) is 16.3. The number of fused-ring (bicyclic) bond motifs is 1. The Bertz CT molecular complexity index is 1020. The zero-order chi connectivity index (χ0) is 19.8. The van der Waals surface area contributed by atoms with Crippen LogP contribution in [0.5, 0.6) is 5.88 Å². The quantitative estimate of drug-likeness (QED) is 0.708. The van der Waals surface area contributed by atoms with E-state index in [1.807, 2.05) is 23.1 Å². The second-order valence-corrected chi connectivity index (χ2v) is 7.61. The van der Waals surface area contributed by atoms with Gasteiger partial charge in [-0.15, -0.1) is 0 Å². The molecule has 2 aromatic heterocycles. The number of benzene rings is 1. The molecule has 3 heterocycles. The van der Waals surface area contributed by atoms with Gasteiger partial charge in [-0.2, -0.15) is 15.4 Å². The van der Waals surface area contributed by atoms with Gasteiger partial charge in [0.15, 0.2) is 0 Å². The number of carbonyl (C=O) groups is 1. The fourth-order valence-electron chi connectivity index (χ4n) is 4.11. The molecule has 1 aliphatic carbocycles. The van der Waals surface area contributed by atoms with Gasteiger partial charge in [-0.05, 0) is 43.9 Å². The van der Waals surface area contributed by atoms with Crippen LogP contribution in [0.4, 0.5) is 5.82 Å². The van der Waals surface area contributed by atoms with Crippen LogP contribution in [-0.2, 0) is 0 Å². The van der Waals surface area contributed by atoms with Crippen LogP contribution in [0.1, 0.15) is 36.0 Å². The molecule has 2 aliphatic rings. The molecule has 1 aliphatic heterocycles. The molecule has 0 bridgehead atoms. The first-order valence-corrected chi connectivity index (χ1v) is 9.97. The molecule has 0 atom stereocenters. The predicted molar refractivity (Wildman–Crippen MR) is 107 cm³/mol. The number of H-pyrrole nitrogens is 1. The largest absolute Gasteiger partial charge is 0.481 e. The van der Waals surface area contributed by atoms with Crippen LogP contribution in [0.3, 0.4) is 0 Å². The maximum Gasteiger partial charge on any atom is 0.253 e. The lowest BCUT2D eigenvalue weighted by Gasteiger charge is -2.39. The van der Waals surface area contributed by atoms with Gasteiger partial charge in [-0.25, -0.2) is 9.97 Å². The number of rotatable bonds is 5.